The number of hydrogen-bond acceptors (Lipinski definition) is 11. The zero-order valence-corrected chi connectivity index (χ0v) is 18.0. The maximum absolute atomic E-state index is 12.0. The molecule has 13 heteroatoms. The molecule has 1 fully saturated rings. The maximum atomic E-state index is 12.0. The molecule has 0 aromatic carbocycles. The van der Waals surface area contributed by atoms with Crippen LogP contribution >= 0.6 is 0 Å². The number of methoxy groups -OCH3 is 1. The summed E-state index contributed by atoms with van der Waals surface area (Å²) >= 11 is 0. The van der Waals surface area contributed by atoms with E-state index in [9.17, 15) is 34.2 Å². The summed E-state index contributed by atoms with van der Waals surface area (Å²) in [4.78, 5) is 57.9. The Balaban J connectivity index is 2.27. The number of pyridine rings is 1. The molecule has 1 aromatic heterocycles. The van der Waals surface area contributed by atoms with Crippen LogP contribution in [-0.2, 0) is 42.9 Å². The first-order valence-electron chi connectivity index (χ1n) is 9.69. The Morgan fingerprint density at radius 1 is 1.12 bits per heavy atom. The summed E-state index contributed by atoms with van der Waals surface area (Å²) in [5.74, 6) is -4.68. The molecular formula is C20H24NO12+. The molecule has 0 aliphatic carbocycles. The molecule has 2 N–H and O–H groups in total. The summed E-state index contributed by atoms with van der Waals surface area (Å²) in [7, 11) is 1.09. The largest absolute Gasteiger partial charge is 0.477 e. The first-order chi connectivity index (χ1) is 15.5. The Labute approximate surface area is 187 Å². The molecule has 33 heavy (non-hydrogen) atoms. The minimum Gasteiger partial charge on any atom is -0.477 e. The summed E-state index contributed by atoms with van der Waals surface area (Å²) in [6.45, 7) is 1.69. The number of ether oxygens (including phenoxy) is 5. The molecule has 0 amide bonds. The van der Waals surface area contributed by atoms with Crippen LogP contribution in [-0.4, -0.2) is 78.2 Å². The lowest BCUT2D eigenvalue weighted by atomic mass is 10.1. The predicted octanol–water partition coefficient (Wildman–Crippen LogP) is -1.10. The van der Waals surface area contributed by atoms with Crippen LogP contribution in [0.15, 0.2) is 24.5 Å². The Morgan fingerprint density at radius 3 is 2.33 bits per heavy atom. The van der Waals surface area contributed by atoms with Gasteiger partial charge in [-0.25, -0.2) is 9.59 Å². The third kappa shape index (κ3) is 6.95. The number of aromatic nitrogens is 1. The molecule has 180 valence electrons. The van der Waals surface area contributed by atoms with Crippen LogP contribution in [0.4, 0.5) is 0 Å². The van der Waals surface area contributed by atoms with Crippen molar-refractivity contribution in [3.05, 3.63) is 30.1 Å². The van der Waals surface area contributed by atoms with Crippen molar-refractivity contribution in [2.45, 2.75) is 50.9 Å². The van der Waals surface area contributed by atoms with E-state index in [1.165, 1.54) is 29.1 Å². The van der Waals surface area contributed by atoms with Gasteiger partial charge >= 0.3 is 36.1 Å². The number of carbonyl (C=O) groups is 5. The van der Waals surface area contributed by atoms with Crippen LogP contribution in [0.1, 0.15) is 36.9 Å². The second-order valence-corrected chi connectivity index (χ2v) is 6.98. The number of rotatable bonds is 9. The topological polar surface area (TPSA) is 176 Å². The van der Waals surface area contributed by atoms with Crippen LogP contribution in [0, 0.1) is 0 Å². The number of aromatic carboxylic acids is 1. The Kier molecular flexibility index (Phi) is 8.82. The number of carboxylic acid groups (broad SMARTS) is 1. The molecule has 0 bridgehead atoms. The minimum atomic E-state index is -1.80. The monoisotopic (exact) mass is 470 g/mol. The zero-order valence-electron chi connectivity index (χ0n) is 18.0. The average Bonchev–Trinajstić information content (AvgIpc) is 3.07. The van der Waals surface area contributed by atoms with Gasteiger partial charge in [0.25, 0.3) is 0 Å². The van der Waals surface area contributed by atoms with Crippen LogP contribution < -0.4 is 4.57 Å². The van der Waals surface area contributed by atoms with Crippen molar-refractivity contribution in [2.75, 3.05) is 13.7 Å². The van der Waals surface area contributed by atoms with E-state index in [0.29, 0.717) is 0 Å². The smallest absolute Gasteiger partial charge is 0.341 e. The normalized spacial score (nSPS) is 22.7. The zero-order chi connectivity index (χ0) is 24.7. The van der Waals surface area contributed by atoms with E-state index in [-0.39, 0.29) is 5.56 Å². The van der Waals surface area contributed by atoms with Gasteiger partial charge in [0.1, 0.15) is 18.3 Å². The lowest BCUT2D eigenvalue weighted by molar-refractivity contribution is -0.765. The van der Waals surface area contributed by atoms with Crippen molar-refractivity contribution in [1.29, 1.82) is 0 Å². The van der Waals surface area contributed by atoms with Gasteiger partial charge in [0, 0.05) is 19.9 Å². The van der Waals surface area contributed by atoms with Crippen molar-refractivity contribution >= 4 is 29.8 Å². The van der Waals surface area contributed by atoms with Crippen molar-refractivity contribution < 1.29 is 62.4 Å². The fourth-order valence-electron chi connectivity index (χ4n) is 3.10. The molecule has 1 aromatic rings. The van der Waals surface area contributed by atoms with Crippen LogP contribution in [0.5, 0.6) is 0 Å². The number of carboxylic acids is 1. The van der Waals surface area contributed by atoms with Gasteiger partial charge in [-0.2, -0.15) is 4.57 Å². The lowest BCUT2D eigenvalue weighted by Crippen LogP contribution is -2.48. The lowest BCUT2D eigenvalue weighted by Gasteiger charge is -2.21. The van der Waals surface area contributed by atoms with E-state index in [1.807, 2.05) is 0 Å². The molecule has 2 heterocycles. The maximum Gasteiger partial charge on any atom is 0.341 e. The van der Waals surface area contributed by atoms with E-state index in [0.717, 1.165) is 21.0 Å². The average molecular weight is 470 g/mol. The number of aliphatic hydroxyl groups is 1. The highest BCUT2D eigenvalue weighted by atomic mass is 16.7. The fraction of sp³-hybridized carbons (Fsp3) is 0.500. The van der Waals surface area contributed by atoms with Crippen LogP contribution in [0.3, 0.4) is 0 Å². The van der Waals surface area contributed by atoms with Crippen LogP contribution in [0.2, 0.25) is 0 Å². The summed E-state index contributed by atoms with van der Waals surface area (Å²) in [5.41, 5.74) is -0.0903. The number of hydrogen-bond donors (Lipinski definition) is 2. The van der Waals surface area contributed by atoms with Crippen LogP contribution in [0.25, 0.3) is 0 Å². The molecule has 5 atom stereocenters. The molecule has 0 radical (unpaired) electrons. The first-order valence-corrected chi connectivity index (χ1v) is 9.69. The Hall–Kier alpha value is -3.58. The van der Waals surface area contributed by atoms with Gasteiger partial charge in [-0.1, -0.05) is 0 Å². The summed E-state index contributed by atoms with van der Waals surface area (Å²) in [5, 5.41) is 19.0. The van der Waals surface area contributed by atoms with Gasteiger partial charge in [-0.3, -0.25) is 14.4 Å². The summed E-state index contributed by atoms with van der Waals surface area (Å²) < 4.78 is 27.0. The summed E-state index contributed by atoms with van der Waals surface area (Å²) in [6, 6.07) is 2.76. The van der Waals surface area contributed by atoms with E-state index in [1.54, 1.807) is 0 Å². The standard InChI is InChI=1S/C20H23NO12/c1-10(22)31-16-14(9-30-20(28)13(24)7-15(25)29-3)33-18(17(16)32-11(2)23)21-6-4-5-12(8-21)19(26)27/h4-6,8,13-14,16-18,24H,7,9H2,1-3H3/p+1/t13-,14+,16+,17+,18+/m0/s1. The SMILES string of the molecule is COC(=O)C[C@H](O)C(=O)OC[C@H]1O[C@@H]([n+]2cccc(C(=O)O)c2)[C@H](OC(C)=O)[C@@H]1OC(C)=O. The third-order valence-corrected chi connectivity index (χ3v) is 4.50. The molecule has 0 unspecified atom stereocenters. The number of nitrogens with zero attached hydrogens (tertiary/aromatic N) is 1. The van der Waals surface area contributed by atoms with Gasteiger partial charge in [-0.15, -0.1) is 0 Å². The van der Waals surface area contributed by atoms with Gasteiger partial charge in [0.2, 0.25) is 6.10 Å². The molecule has 13 nitrogen and oxygen atoms in total. The highest BCUT2D eigenvalue weighted by Gasteiger charge is 2.54. The second-order valence-electron chi connectivity index (χ2n) is 6.98. The number of carbonyl (C=O) groups excluding carboxylic acids is 4. The number of aliphatic hydroxyl groups excluding tert-OH is 1. The van der Waals surface area contributed by atoms with Crippen molar-refractivity contribution in [2.24, 2.45) is 0 Å². The van der Waals surface area contributed by atoms with E-state index < -0.39 is 73.5 Å². The minimum absolute atomic E-state index is 0.0903. The van der Waals surface area contributed by atoms with E-state index >= 15 is 0 Å². The predicted molar refractivity (Wildman–Crippen MR) is 102 cm³/mol. The van der Waals surface area contributed by atoms with E-state index in [4.69, 9.17) is 18.9 Å². The number of esters is 4. The highest BCUT2D eigenvalue weighted by molar-refractivity contribution is 5.86. The van der Waals surface area contributed by atoms with E-state index in [2.05, 4.69) is 4.74 Å². The Bertz CT molecular complexity index is 916. The van der Waals surface area contributed by atoms with Gasteiger partial charge in [-0.05, 0) is 6.07 Å². The highest BCUT2D eigenvalue weighted by Crippen LogP contribution is 2.31. The molecule has 2 rings (SSSR count). The van der Waals surface area contributed by atoms with Crippen molar-refractivity contribution in [3.63, 3.8) is 0 Å². The second kappa shape index (κ2) is 11.3. The Morgan fingerprint density at radius 2 is 1.76 bits per heavy atom. The third-order valence-electron chi connectivity index (χ3n) is 4.50. The molecule has 1 saturated heterocycles. The van der Waals surface area contributed by atoms with Crippen molar-refractivity contribution in [3.8, 4) is 0 Å². The van der Waals surface area contributed by atoms with Gasteiger partial charge in [0.15, 0.2) is 24.6 Å². The fourth-order valence-corrected chi connectivity index (χ4v) is 3.10. The van der Waals surface area contributed by atoms with Gasteiger partial charge < -0.3 is 33.9 Å². The quantitative estimate of drug-likeness (QED) is 0.253. The molecule has 0 spiro atoms. The summed E-state index contributed by atoms with van der Waals surface area (Å²) in [6.07, 6.45) is -4.50. The molecular weight excluding hydrogens is 446 g/mol. The molecule has 1 aliphatic rings. The molecule has 1 aliphatic heterocycles. The van der Waals surface area contributed by atoms with Gasteiger partial charge in [0.05, 0.1) is 13.5 Å². The van der Waals surface area contributed by atoms with Crippen molar-refractivity contribution in [1.82, 2.24) is 0 Å². The first kappa shape index (κ1) is 25.7. The molecule has 0 saturated carbocycles.